The number of amidine groups is 1. The number of fused-ring (bicyclic) bond motifs is 1. The van der Waals surface area contributed by atoms with E-state index in [4.69, 9.17) is 11.1 Å². The molecule has 0 amide bonds. The fourth-order valence-electron chi connectivity index (χ4n) is 3.99. The number of H-pyrrole nitrogens is 1. The summed E-state index contributed by atoms with van der Waals surface area (Å²) in [5.41, 5.74) is 10.7. The van der Waals surface area contributed by atoms with Crippen molar-refractivity contribution >= 4 is 28.8 Å². The van der Waals surface area contributed by atoms with Crippen LogP contribution in [-0.2, 0) is 9.59 Å². The maximum Gasteiger partial charge on any atom is 0.311 e. The monoisotopic (exact) mass is 472 g/mol. The van der Waals surface area contributed by atoms with Gasteiger partial charge in [-0.3, -0.25) is 15.0 Å². The molecule has 0 bridgehead atoms. The number of nitrogen functional groups attached to an aromatic ring is 1. The van der Waals surface area contributed by atoms with E-state index in [-0.39, 0.29) is 28.5 Å². The lowest BCUT2D eigenvalue weighted by Gasteiger charge is -2.17. The quantitative estimate of drug-likeness (QED) is 0.173. The topological polar surface area (TPSA) is 173 Å². The predicted molar refractivity (Wildman–Crippen MR) is 132 cm³/mol. The number of nitrogens with one attached hydrogen (secondary N) is 2. The molecule has 0 spiro atoms. The summed E-state index contributed by atoms with van der Waals surface area (Å²) in [4.78, 5) is 31.0. The molecule has 0 saturated carbocycles. The van der Waals surface area contributed by atoms with Crippen LogP contribution in [0.3, 0.4) is 0 Å². The third kappa shape index (κ3) is 4.56. The van der Waals surface area contributed by atoms with Crippen LogP contribution < -0.4 is 5.73 Å². The first kappa shape index (κ1) is 23.5. The summed E-state index contributed by atoms with van der Waals surface area (Å²) < 4.78 is 0. The van der Waals surface area contributed by atoms with E-state index >= 15 is 0 Å². The number of phenolic OH excluding ortho intramolecular Hbond substituents is 1. The molecule has 0 aliphatic rings. The van der Waals surface area contributed by atoms with Gasteiger partial charge in [0.15, 0.2) is 0 Å². The highest BCUT2D eigenvalue weighted by molar-refractivity contribution is 5.98. The average Bonchev–Trinajstić information content (AvgIpc) is 3.22. The zero-order chi connectivity index (χ0) is 25.4. The number of hydrogen-bond donors (Lipinski definition) is 6. The van der Waals surface area contributed by atoms with Gasteiger partial charge in [0.1, 0.15) is 17.4 Å². The summed E-state index contributed by atoms with van der Waals surface area (Å²) in [6, 6.07) is 13.5. The molecule has 1 aromatic heterocycles. The zero-order valence-corrected chi connectivity index (χ0v) is 19.1. The van der Waals surface area contributed by atoms with Crippen LogP contribution >= 0.6 is 0 Å². The van der Waals surface area contributed by atoms with E-state index in [0.717, 1.165) is 11.1 Å². The number of imidazole rings is 1. The average molecular weight is 473 g/mol. The molecule has 7 N–H and O–H groups in total. The fraction of sp³-hybridized carbons (Fsp3) is 0.154. The standard InChI is InChI=1S/C26H24N4O5/c1-12-3-4-14(7-13(12)2)17-8-16(18(26(34)35)11-22(31)32)9-19(23(17)33)25-29-20-6-5-15(24(27)28)10-21(20)30-25/h3-10,18,33H,11H2,1-2H3,(H3,27,28)(H,29,30)(H,31,32)(H,34,35). The normalized spacial score (nSPS) is 11.9. The molecule has 1 heterocycles. The van der Waals surface area contributed by atoms with Crippen LogP contribution in [0.25, 0.3) is 33.5 Å². The minimum absolute atomic E-state index is 0.108. The molecule has 1 atom stereocenters. The Kier molecular flexibility index (Phi) is 6.00. The van der Waals surface area contributed by atoms with Crippen LogP contribution in [0.2, 0.25) is 0 Å². The number of carboxylic acid groups (broad SMARTS) is 2. The van der Waals surface area contributed by atoms with Crippen molar-refractivity contribution in [2.45, 2.75) is 26.2 Å². The molecule has 0 radical (unpaired) electrons. The number of phenols is 1. The van der Waals surface area contributed by atoms with Gasteiger partial charge in [0.2, 0.25) is 0 Å². The predicted octanol–water partition coefficient (Wildman–Crippen LogP) is 4.15. The summed E-state index contributed by atoms with van der Waals surface area (Å²) in [5.74, 6) is -3.83. The number of carbonyl (C=O) groups is 2. The van der Waals surface area contributed by atoms with Gasteiger partial charge in [-0.1, -0.05) is 18.2 Å². The van der Waals surface area contributed by atoms with Gasteiger partial charge >= 0.3 is 11.9 Å². The first-order chi connectivity index (χ1) is 16.5. The Morgan fingerprint density at radius 1 is 1.03 bits per heavy atom. The molecule has 0 fully saturated rings. The van der Waals surface area contributed by atoms with Gasteiger partial charge in [0.05, 0.1) is 28.9 Å². The highest BCUT2D eigenvalue weighted by Gasteiger charge is 2.27. The van der Waals surface area contributed by atoms with Crippen molar-refractivity contribution in [3.05, 3.63) is 70.8 Å². The largest absolute Gasteiger partial charge is 0.507 e. The number of carboxylic acids is 2. The molecule has 3 aromatic carbocycles. The molecular weight excluding hydrogens is 448 g/mol. The maximum absolute atomic E-state index is 12.0. The molecule has 4 rings (SSSR count). The Bertz CT molecular complexity index is 1510. The molecule has 9 heteroatoms. The van der Waals surface area contributed by atoms with Gasteiger partial charge < -0.3 is 26.0 Å². The minimum atomic E-state index is -1.33. The Hall–Kier alpha value is -4.66. The number of benzene rings is 3. The summed E-state index contributed by atoms with van der Waals surface area (Å²) in [6.07, 6.45) is -0.617. The second-order valence-corrected chi connectivity index (χ2v) is 8.48. The number of hydrogen-bond acceptors (Lipinski definition) is 5. The molecular formula is C26H24N4O5. The molecule has 0 aliphatic heterocycles. The molecule has 0 saturated heterocycles. The number of aromatic nitrogens is 2. The fourth-order valence-corrected chi connectivity index (χ4v) is 3.99. The summed E-state index contributed by atoms with van der Waals surface area (Å²) in [7, 11) is 0. The van der Waals surface area contributed by atoms with Crippen LogP contribution in [0.1, 0.15) is 34.6 Å². The second-order valence-electron chi connectivity index (χ2n) is 8.48. The molecule has 35 heavy (non-hydrogen) atoms. The van der Waals surface area contributed by atoms with E-state index in [1.165, 1.54) is 12.1 Å². The lowest BCUT2D eigenvalue weighted by atomic mass is 9.89. The molecule has 9 nitrogen and oxygen atoms in total. The lowest BCUT2D eigenvalue weighted by Crippen LogP contribution is -2.16. The third-order valence-electron chi connectivity index (χ3n) is 6.08. The zero-order valence-electron chi connectivity index (χ0n) is 19.1. The summed E-state index contributed by atoms with van der Waals surface area (Å²) in [6.45, 7) is 3.88. The van der Waals surface area contributed by atoms with Gasteiger partial charge in [-0.15, -0.1) is 0 Å². The highest BCUT2D eigenvalue weighted by Crippen LogP contribution is 2.41. The van der Waals surface area contributed by atoms with E-state index in [0.29, 0.717) is 27.7 Å². The minimum Gasteiger partial charge on any atom is -0.507 e. The van der Waals surface area contributed by atoms with E-state index in [2.05, 4.69) is 9.97 Å². The molecule has 1 unspecified atom stereocenters. The smallest absolute Gasteiger partial charge is 0.311 e. The van der Waals surface area contributed by atoms with Crippen molar-refractivity contribution in [1.82, 2.24) is 9.97 Å². The van der Waals surface area contributed by atoms with Crippen molar-refractivity contribution in [1.29, 1.82) is 5.41 Å². The van der Waals surface area contributed by atoms with E-state index < -0.39 is 24.3 Å². The Balaban J connectivity index is 1.97. The Labute approximate surface area is 200 Å². The van der Waals surface area contributed by atoms with Crippen LogP contribution in [0.5, 0.6) is 5.75 Å². The third-order valence-corrected chi connectivity index (χ3v) is 6.08. The van der Waals surface area contributed by atoms with Crippen molar-refractivity contribution in [3.63, 3.8) is 0 Å². The number of aryl methyl sites for hydroxylation is 2. The highest BCUT2D eigenvalue weighted by atomic mass is 16.4. The van der Waals surface area contributed by atoms with Crippen molar-refractivity contribution < 1.29 is 24.9 Å². The number of nitrogens with zero attached hydrogens (tertiary/aromatic N) is 1. The summed E-state index contributed by atoms with van der Waals surface area (Å²) in [5, 5.41) is 38.0. The van der Waals surface area contributed by atoms with Gasteiger partial charge in [-0.05, 0) is 66.4 Å². The SMILES string of the molecule is Cc1ccc(-c2cc(C(CC(=O)O)C(=O)O)cc(-c3nc4ccc(C(=N)N)cc4[nH]3)c2O)cc1C. The number of aromatic hydroxyl groups is 1. The summed E-state index contributed by atoms with van der Waals surface area (Å²) >= 11 is 0. The van der Waals surface area contributed by atoms with Gasteiger partial charge in [-0.2, -0.15) is 0 Å². The van der Waals surface area contributed by atoms with E-state index in [9.17, 15) is 24.9 Å². The van der Waals surface area contributed by atoms with Crippen molar-refractivity contribution in [2.24, 2.45) is 5.73 Å². The van der Waals surface area contributed by atoms with Crippen molar-refractivity contribution in [2.75, 3.05) is 0 Å². The van der Waals surface area contributed by atoms with Gasteiger partial charge in [0, 0.05) is 11.1 Å². The first-order valence-electron chi connectivity index (χ1n) is 10.8. The van der Waals surface area contributed by atoms with Crippen LogP contribution in [0.15, 0.2) is 48.5 Å². The number of aromatic amines is 1. The number of aliphatic carboxylic acids is 2. The lowest BCUT2D eigenvalue weighted by molar-refractivity contribution is -0.145. The first-order valence-corrected chi connectivity index (χ1v) is 10.8. The van der Waals surface area contributed by atoms with Gasteiger partial charge in [0.25, 0.3) is 0 Å². The molecule has 4 aromatic rings. The molecule has 178 valence electrons. The maximum atomic E-state index is 12.0. The van der Waals surface area contributed by atoms with E-state index in [1.807, 2.05) is 32.0 Å². The number of nitrogens with two attached hydrogens (primary N) is 1. The number of rotatable bonds is 7. The van der Waals surface area contributed by atoms with Crippen molar-refractivity contribution in [3.8, 4) is 28.3 Å². The van der Waals surface area contributed by atoms with E-state index in [1.54, 1.807) is 18.2 Å². The molecule has 0 aliphatic carbocycles. The second kappa shape index (κ2) is 8.94. The van der Waals surface area contributed by atoms with Crippen LogP contribution in [0.4, 0.5) is 0 Å². The van der Waals surface area contributed by atoms with Crippen LogP contribution in [-0.4, -0.2) is 43.1 Å². The van der Waals surface area contributed by atoms with Gasteiger partial charge in [-0.25, -0.2) is 4.98 Å². The Morgan fingerprint density at radius 3 is 2.37 bits per heavy atom. The van der Waals surface area contributed by atoms with Crippen LogP contribution in [0, 0.1) is 19.3 Å². The Morgan fingerprint density at radius 2 is 1.74 bits per heavy atom.